The molecule has 2 N–H and O–H groups in total. The normalized spacial score (nSPS) is 13.4. The molecule has 0 saturated heterocycles. The van der Waals surface area contributed by atoms with Crippen molar-refractivity contribution in [3.05, 3.63) is 39.9 Å². The van der Waals surface area contributed by atoms with Gasteiger partial charge in [-0.25, -0.2) is 0 Å². The Balaban J connectivity index is 3.27. The number of benzene rings is 1. The maximum Gasteiger partial charge on any atom is 0.411 e. The SMILES string of the molecule is O=[N+]([O-])c1ccc(C(F)(F)C(F)(F)P(=O)(O)O)cc1. The lowest BCUT2D eigenvalue weighted by molar-refractivity contribution is -0.384. The maximum absolute atomic E-state index is 13.4. The van der Waals surface area contributed by atoms with Crippen LogP contribution in [0.2, 0.25) is 0 Å². The summed E-state index contributed by atoms with van der Waals surface area (Å²) in [6.07, 6.45) is 0. The molecule has 11 heteroatoms. The topological polar surface area (TPSA) is 101 Å². The molecule has 6 nitrogen and oxygen atoms in total. The zero-order valence-corrected chi connectivity index (χ0v) is 9.73. The fourth-order valence-electron chi connectivity index (χ4n) is 1.15. The third-order valence-corrected chi connectivity index (χ3v) is 3.20. The maximum atomic E-state index is 13.4. The Labute approximate surface area is 103 Å². The summed E-state index contributed by atoms with van der Waals surface area (Å²) in [7, 11) is -6.40. The molecular formula is C8H6F4NO5P. The molecule has 1 aromatic carbocycles. The van der Waals surface area contributed by atoms with Crippen molar-refractivity contribution in [3.8, 4) is 0 Å². The first-order valence-corrected chi connectivity index (χ1v) is 6.08. The molecule has 106 valence electrons. The largest absolute Gasteiger partial charge is 0.411 e. The summed E-state index contributed by atoms with van der Waals surface area (Å²) in [6.45, 7) is 0. The monoisotopic (exact) mass is 303 g/mol. The second-order valence-corrected chi connectivity index (χ2v) is 5.11. The van der Waals surface area contributed by atoms with E-state index in [-0.39, 0.29) is 0 Å². The van der Waals surface area contributed by atoms with Gasteiger partial charge >= 0.3 is 19.2 Å². The molecule has 0 aliphatic rings. The van der Waals surface area contributed by atoms with Gasteiger partial charge in [-0.05, 0) is 12.1 Å². The molecule has 0 aromatic heterocycles. The second kappa shape index (κ2) is 4.55. The molecule has 0 spiro atoms. The lowest BCUT2D eigenvalue weighted by Crippen LogP contribution is -2.37. The van der Waals surface area contributed by atoms with Crippen LogP contribution in [0.4, 0.5) is 23.2 Å². The highest BCUT2D eigenvalue weighted by molar-refractivity contribution is 7.53. The predicted octanol–water partition coefficient (Wildman–Crippen LogP) is 2.46. The highest BCUT2D eigenvalue weighted by Crippen LogP contribution is 2.63. The molecule has 0 amide bonds. The standard InChI is InChI=1S/C8H6F4NO5P/c9-7(10,8(11,12)19(16,17)18)5-1-3-6(4-2-5)13(14)15/h1-4H,(H2,16,17,18). The summed E-state index contributed by atoms with van der Waals surface area (Å²) < 4.78 is 63.1. The van der Waals surface area contributed by atoms with Crippen LogP contribution < -0.4 is 0 Å². The van der Waals surface area contributed by atoms with Crippen LogP contribution >= 0.6 is 7.60 Å². The molecule has 0 unspecified atom stereocenters. The highest BCUT2D eigenvalue weighted by Gasteiger charge is 2.68. The summed E-state index contributed by atoms with van der Waals surface area (Å²) in [4.78, 5) is 25.8. The minimum Gasteiger partial charge on any atom is -0.320 e. The van der Waals surface area contributed by atoms with Crippen LogP contribution in [0.25, 0.3) is 0 Å². The summed E-state index contributed by atoms with van der Waals surface area (Å²) in [5, 5.41) is 10.3. The van der Waals surface area contributed by atoms with Crippen LogP contribution in [0, 0.1) is 10.1 Å². The quantitative estimate of drug-likeness (QED) is 0.385. The van der Waals surface area contributed by atoms with E-state index in [4.69, 9.17) is 9.79 Å². The Kier molecular flexibility index (Phi) is 3.72. The number of nitro benzene ring substituents is 1. The molecule has 0 aliphatic heterocycles. The summed E-state index contributed by atoms with van der Waals surface area (Å²) in [5.41, 5.74) is -7.68. The van der Waals surface area contributed by atoms with E-state index in [1.54, 1.807) is 0 Å². The van der Waals surface area contributed by atoms with E-state index in [1.807, 2.05) is 0 Å². The van der Waals surface area contributed by atoms with Crippen molar-refractivity contribution >= 4 is 13.3 Å². The molecule has 0 heterocycles. The third kappa shape index (κ3) is 2.60. The van der Waals surface area contributed by atoms with Gasteiger partial charge in [0.25, 0.3) is 5.69 Å². The van der Waals surface area contributed by atoms with Crippen LogP contribution in [-0.4, -0.2) is 20.4 Å². The lowest BCUT2D eigenvalue weighted by atomic mass is 10.1. The molecule has 0 saturated carbocycles. The Hall–Kier alpha value is -1.51. The van der Waals surface area contributed by atoms with Crippen LogP contribution in [-0.2, 0) is 10.5 Å². The average Bonchev–Trinajstić information content (AvgIpc) is 2.27. The summed E-state index contributed by atoms with van der Waals surface area (Å²) >= 11 is 0. The van der Waals surface area contributed by atoms with Crippen molar-refractivity contribution in [3.63, 3.8) is 0 Å². The molecule has 0 bridgehead atoms. The first-order chi connectivity index (χ1) is 8.41. The molecule has 0 aliphatic carbocycles. The Morgan fingerprint density at radius 1 is 1.11 bits per heavy atom. The molecule has 1 rings (SSSR count). The molecular weight excluding hydrogens is 297 g/mol. The zero-order valence-electron chi connectivity index (χ0n) is 8.83. The van der Waals surface area contributed by atoms with Crippen molar-refractivity contribution in [1.29, 1.82) is 0 Å². The Bertz CT molecular complexity index is 541. The van der Waals surface area contributed by atoms with E-state index in [0.29, 0.717) is 24.3 Å². The van der Waals surface area contributed by atoms with Crippen molar-refractivity contribution in [1.82, 2.24) is 0 Å². The van der Waals surface area contributed by atoms with Crippen LogP contribution in [0.1, 0.15) is 5.56 Å². The van der Waals surface area contributed by atoms with E-state index in [1.165, 1.54) is 0 Å². The minimum atomic E-state index is -6.40. The molecule has 19 heavy (non-hydrogen) atoms. The number of halogens is 4. The van der Waals surface area contributed by atoms with E-state index >= 15 is 0 Å². The number of nitrogens with zero attached hydrogens (tertiary/aromatic N) is 1. The number of hydrogen-bond donors (Lipinski definition) is 2. The van der Waals surface area contributed by atoms with Gasteiger partial charge in [0.15, 0.2) is 0 Å². The van der Waals surface area contributed by atoms with E-state index in [0.717, 1.165) is 0 Å². The Morgan fingerprint density at radius 3 is 1.84 bits per heavy atom. The molecule has 0 atom stereocenters. The van der Waals surface area contributed by atoms with Crippen molar-refractivity contribution < 1.29 is 36.8 Å². The smallest absolute Gasteiger partial charge is 0.320 e. The van der Waals surface area contributed by atoms with Gasteiger partial charge in [-0.2, -0.15) is 17.6 Å². The van der Waals surface area contributed by atoms with E-state index in [9.17, 15) is 32.2 Å². The number of alkyl halides is 4. The molecule has 0 radical (unpaired) electrons. The van der Waals surface area contributed by atoms with Gasteiger partial charge in [-0.1, -0.05) is 0 Å². The van der Waals surface area contributed by atoms with Gasteiger partial charge < -0.3 is 9.79 Å². The third-order valence-electron chi connectivity index (χ3n) is 2.18. The number of hydrogen-bond acceptors (Lipinski definition) is 3. The second-order valence-electron chi connectivity index (χ2n) is 3.46. The molecule has 0 fully saturated rings. The lowest BCUT2D eigenvalue weighted by Gasteiger charge is -2.26. The van der Waals surface area contributed by atoms with Gasteiger partial charge in [-0.15, -0.1) is 0 Å². The minimum absolute atomic E-state index is 0.307. The summed E-state index contributed by atoms with van der Waals surface area (Å²) in [6, 6.07) is 1.67. The van der Waals surface area contributed by atoms with Crippen LogP contribution in [0.15, 0.2) is 24.3 Å². The van der Waals surface area contributed by atoms with Crippen molar-refractivity contribution in [2.75, 3.05) is 0 Å². The van der Waals surface area contributed by atoms with Crippen LogP contribution in [0.5, 0.6) is 0 Å². The van der Waals surface area contributed by atoms with Gasteiger partial charge in [-0.3, -0.25) is 14.7 Å². The molecule has 1 aromatic rings. The fraction of sp³-hybridized carbons (Fsp3) is 0.250. The van der Waals surface area contributed by atoms with Gasteiger partial charge in [0.1, 0.15) is 0 Å². The van der Waals surface area contributed by atoms with Crippen LogP contribution in [0.3, 0.4) is 0 Å². The first-order valence-electron chi connectivity index (χ1n) is 4.47. The van der Waals surface area contributed by atoms with E-state index in [2.05, 4.69) is 0 Å². The summed E-state index contributed by atoms with van der Waals surface area (Å²) in [5.74, 6) is -5.17. The van der Waals surface area contributed by atoms with Crippen molar-refractivity contribution in [2.45, 2.75) is 11.6 Å². The zero-order chi connectivity index (χ0) is 15.1. The fourth-order valence-corrected chi connectivity index (χ4v) is 1.64. The van der Waals surface area contributed by atoms with E-state index < -0.39 is 35.4 Å². The predicted molar refractivity (Wildman–Crippen MR) is 54.0 cm³/mol. The van der Waals surface area contributed by atoms with Gasteiger partial charge in [0.05, 0.1) is 4.92 Å². The van der Waals surface area contributed by atoms with Gasteiger partial charge in [0.2, 0.25) is 0 Å². The first kappa shape index (κ1) is 15.5. The number of nitro groups is 1. The number of non-ortho nitro benzene ring substituents is 1. The van der Waals surface area contributed by atoms with Crippen molar-refractivity contribution in [2.24, 2.45) is 0 Å². The average molecular weight is 303 g/mol. The highest BCUT2D eigenvalue weighted by atomic mass is 31.2. The van der Waals surface area contributed by atoms with Gasteiger partial charge in [0, 0.05) is 17.7 Å². The number of rotatable bonds is 4. The Morgan fingerprint density at radius 2 is 1.53 bits per heavy atom.